The molecule has 162 valence electrons. The molecule has 31 heavy (non-hydrogen) atoms. The molecule has 0 radical (unpaired) electrons. The zero-order chi connectivity index (χ0) is 22.6. The van der Waals surface area contributed by atoms with E-state index in [2.05, 4.69) is 5.32 Å². The predicted molar refractivity (Wildman–Crippen MR) is 122 cm³/mol. The van der Waals surface area contributed by atoms with Gasteiger partial charge in [0, 0.05) is 36.6 Å². The fourth-order valence-electron chi connectivity index (χ4n) is 2.86. The van der Waals surface area contributed by atoms with Crippen molar-refractivity contribution in [3.05, 3.63) is 77.3 Å². The van der Waals surface area contributed by atoms with Crippen LogP contribution in [-0.4, -0.2) is 28.4 Å². The molecule has 0 atom stereocenters. The Kier molecular flexibility index (Phi) is 6.84. The number of rotatable bonds is 7. The summed E-state index contributed by atoms with van der Waals surface area (Å²) in [5.41, 5.74) is 1.82. The third-order valence-electron chi connectivity index (χ3n) is 4.40. The van der Waals surface area contributed by atoms with E-state index < -0.39 is 10.0 Å². The van der Waals surface area contributed by atoms with Crippen molar-refractivity contribution in [3.8, 4) is 11.5 Å². The van der Waals surface area contributed by atoms with Gasteiger partial charge in [0.2, 0.25) is 15.9 Å². The molecule has 0 heterocycles. The van der Waals surface area contributed by atoms with Gasteiger partial charge in [-0.2, -0.15) is 0 Å². The number of sulfonamides is 1. The van der Waals surface area contributed by atoms with Crippen LogP contribution in [0.5, 0.6) is 11.5 Å². The molecule has 3 aromatic rings. The average Bonchev–Trinajstić information content (AvgIpc) is 2.70. The second-order valence-corrected chi connectivity index (χ2v) is 8.95. The molecule has 0 fully saturated rings. The molecule has 0 bridgehead atoms. The first-order valence-corrected chi connectivity index (χ1v) is 11.2. The first-order valence-electron chi connectivity index (χ1n) is 9.29. The molecule has 0 aliphatic carbocycles. The van der Waals surface area contributed by atoms with Gasteiger partial charge < -0.3 is 15.0 Å². The van der Waals surface area contributed by atoms with Gasteiger partial charge in [-0.15, -0.1) is 0 Å². The summed E-state index contributed by atoms with van der Waals surface area (Å²) in [5.74, 6) is 0.162. The molecule has 0 saturated heterocycles. The van der Waals surface area contributed by atoms with Crippen LogP contribution in [0.4, 0.5) is 11.4 Å². The third-order valence-corrected chi connectivity index (χ3v) is 5.71. The summed E-state index contributed by atoms with van der Waals surface area (Å²) >= 11 is 6.09. The van der Waals surface area contributed by atoms with Crippen molar-refractivity contribution in [2.45, 2.75) is 11.3 Å². The number of carbonyl (C=O) groups is 1. The van der Waals surface area contributed by atoms with E-state index in [0.717, 1.165) is 5.69 Å². The van der Waals surface area contributed by atoms with Crippen LogP contribution in [0.1, 0.15) is 5.56 Å². The van der Waals surface area contributed by atoms with E-state index in [1.54, 1.807) is 48.5 Å². The molecule has 0 aliphatic heterocycles. The van der Waals surface area contributed by atoms with Gasteiger partial charge >= 0.3 is 0 Å². The topological polar surface area (TPSA) is 102 Å². The van der Waals surface area contributed by atoms with E-state index in [4.69, 9.17) is 21.5 Å². The minimum Gasteiger partial charge on any atom is -0.456 e. The van der Waals surface area contributed by atoms with E-state index in [9.17, 15) is 13.2 Å². The van der Waals surface area contributed by atoms with Crippen LogP contribution < -0.4 is 20.1 Å². The van der Waals surface area contributed by atoms with Crippen LogP contribution in [0.15, 0.2) is 71.6 Å². The molecule has 3 N–H and O–H groups in total. The highest BCUT2D eigenvalue weighted by molar-refractivity contribution is 7.89. The number of amides is 1. The van der Waals surface area contributed by atoms with Crippen LogP contribution in [0.25, 0.3) is 0 Å². The van der Waals surface area contributed by atoms with Gasteiger partial charge in [-0.3, -0.25) is 4.79 Å². The van der Waals surface area contributed by atoms with Gasteiger partial charge in [0.15, 0.2) is 0 Å². The number of primary sulfonamides is 1. The van der Waals surface area contributed by atoms with E-state index >= 15 is 0 Å². The minimum absolute atomic E-state index is 0.0416. The van der Waals surface area contributed by atoms with Crippen molar-refractivity contribution in [1.29, 1.82) is 0 Å². The van der Waals surface area contributed by atoms with Gasteiger partial charge in [0.25, 0.3) is 0 Å². The van der Waals surface area contributed by atoms with Crippen molar-refractivity contribution in [1.82, 2.24) is 0 Å². The highest BCUT2D eigenvalue weighted by atomic mass is 35.5. The highest BCUT2D eigenvalue weighted by Crippen LogP contribution is 2.32. The smallest absolute Gasteiger partial charge is 0.241 e. The van der Waals surface area contributed by atoms with Gasteiger partial charge in [0.1, 0.15) is 16.4 Å². The Hall–Kier alpha value is -3.07. The zero-order valence-corrected chi connectivity index (χ0v) is 18.6. The summed E-state index contributed by atoms with van der Waals surface area (Å²) < 4.78 is 30.1. The fraction of sp³-hybridized carbons (Fsp3) is 0.136. The first-order chi connectivity index (χ1) is 14.6. The molecule has 0 saturated carbocycles. The third kappa shape index (κ3) is 5.97. The fourth-order valence-corrected chi connectivity index (χ4v) is 3.75. The maximum atomic E-state index is 12.4. The van der Waals surface area contributed by atoms with Crippen molar-refractivity contribution in [3.63, 3.8) is 0 Å². The normalized spacial score (nSPS) is 11.1. The lowest BCUT2D eigenvalue weighted by molar-refractivity contribution is -0.115. The SMILES string of the molecule is CN(C)c1cccc(Oc2ccc(NC(=O)Cc3ccccc3Cl)cc2S(N)(=O)=O)c1. The molecule has 9 heteroatoms. The van der Waals surface area contributed by atoms with Crippen LogP contribution >= 0.6 is 11.6 Å². The lowest BCUT2D eigenvalue weighted by atomic mass is 10.1. The Bertz CT molecular complexity index is 1210. The molecular weight excluding hydrogens is 438 g/mol. The van der Waals surface area contributed by atoms with Crippen LogP contribution in [0.3, 0.4) is 0 Å². The molecule has 0 aromatic heterocycles. The number of benzene rings is 3. The Morgan fingerprint density at radius 3 is 2.48 bits per heavy atom. The number of ether oxygens (including phenoxy) is 1. The van der Waals surface area contributed by atoms with Gasteiger partial charge in [-0.1, -0.05) is 35.9 Å². The number of anilines is 2. The Balaban J connectivity index is 1.84. The number of carbonyl (C=O) groups excluding carboxylic acids is 1. The summed E-state index contributed by atoms with van der Waals surface area (Å²) in [6.45, 7) is 0. The van der Waals surface area contributed by atoms with Crippen molar-refractivity contribution < 1.29 is 17.9 Å². The summed E-state index contributed by atoms with van der Waals surface area (Å²) in [6, 6.07) is 18.4. The molecule has 7 nitrogen and oxygen atoms in total. The number of halogens is 1. The highest BCUT2D eigenvalue weighted by Gasteiger charge is 2.18. The summed E-state index contributed by atoms with van der Waals surface area (Å²) in [4.78, 5) is 14.0. The standard InChI is InChI=1S/C22H22ClN3O4S/c1-26(2)17-7-5-8-18(14-17)30-20-11-10-16(13-21(20)31(24,28)29)25-22(27)12-15-6-3-4-9-19(15)23/h3-11,13-14H,12H2,1-2H3,(H,25,27)(H2,24,28,29). The molecule has 3 rings (SSSR count). The number of nitrogens with one attached hydrogen (secondary N) is 1. The van der Waals surface area contributed by atoms with E-state index in [0.29, 0.717) is 16.3 Å². The van der Waals surface area contributed by atoms with E-state index in [1.807, 2.05) is 25.1 Å². The number of nitrogens with zero attached hydrogens (tertiary/aromatic N) is 1. The van der Waals surface area contributed by atoms with Gasteiger partial charge in [-0.05, 0) is 42.0 Å². The Labute approximate surface area is 186 Å². The second-order valence-electron chi connectivity index (χ2n) is 7.02. The van der Waals surface area contributed by atoms with Crippen LogP contribution in [0.2, 0.25) is 5.02 Å². The Morgan fingerprint density at radius 1 is 1.06 bits per heavy atom. The molecule has 0 spiro atoms. The van der Waals surface area contributed by atoms with E-state index in [1.165, 1.54) is 12.1 Å². The van der Waals surface area contributed by atoms with Crippen LogP contribution in [-0.2, 0) is 21.2 Å². The van der Waals surface area contributed by atoms with Gasteiger partial charge in [-0.25, -0.2) is 13.6 Å². The minimum atomic E-state index is -4.11. The number of hydrogen-bond donors (Lipinski definition) is 2. The summed E-state index contributed by atoms with van der Waals surface area (Å²) in [5, 5.41) is 8.53. The number of hydrogen-bond acceptors (Lipinski definition) is 5. The molecule has 1 amide bonds. The maximum absolute atomic E-state index is 12.4. The Morgan fingerprint density at radius 2 is 1.81 bits per heavy atom. The largest absolute Gasteiger partial charge is 0.456 e. The van der Waals surface area contributed by atoms with Crippen molar-refractivity contribution in [2.75, 3.05) is 24.3 Å². The van der Waals surface area contributed by atoms with E-state index in [-0.39, 0.29) is 28.7 Å². The second kappa shape index (κ2) is 9.38. The predicted octanol–water partition coefficient (Wildman–Crippen LogP) is 4.03. The molecule has 3 aromatic carbocycles. The summed E-state index contributed by atoms with van der Waals surface area (Å²) in [7, 11) is -0.344. The van der Waals surface area contributed by atoms with Crippen molar-refractivity contribution >= 4 is 38.9 Å². The van der Waals surface area contributed by atoms with Crippen molar-refractivity contribution in [2.24, 2.45) is 5.14 Å². The zero-order valence-electron chi connectivity index (χ0n) is 17.0. The van der Waals surface area contributed by atoms with Gasteiger partial charge in [0.05, 0.1) is 6.42 Å². The van der Waals surface area contributed by atoms with Crippen LogP contribution in [0, 0.1) is 0 Å². The average molecular weight is 460 g/mol. The lowest BCUT2D eigenvalue weighted by Gasteiger charge is -2.15. The maximum Gasteiger partial charge on any atom is 0.241 e. The quantitative estimate of drug-likeness (QED) is 0.555. The molecular formula is C22H22ClN3O4S. The number of nitrogens with two attached hydrogens (primary N) is 1. The lowest BCUT2D eigenvalue weighted by Crippen LogP contribution is -2.17. The summed E-state index contributed by atoms with van der Waals surface area (Å²) in [6.07, 6.45) is 0.0416. The monoisotopic (exact) mass is 459 g/mol. The molecule has 0 aliphatic rings. The first kappa shape index (κ1) is 22.6. The molecule has 0 unspecified atom stereocenters.